The van der Waals surface area contributed by atoms with Crippen molar-refractivity contribution in [3.63, 3.8) is 0 Å². The summed E-state index contributed by atoms with van der Waals surface area (Å²) in [6.07, 6.45) is 5.36. The SMILES string of the molecule is CCOc1ccc(C(CCC2CC2)NC)cc1OCC. The van der Waals surface area contributed by atoms with E-state index in [-0.39, 0.29) is 0 Å². The Morgan fingerprint density at radius 2 is 1.85 bits per heavy atom. The minimum absolute atomic E-state index is 0.408. The number of hydrogen-bond donors (Lipinski definition) is 1. The fourth-order valence-electron chi connectivity index (χ4n) is 2.57. The first-order valence-corrected chi connectivity index (χ1v) is 7.85. The summed E-state index contributed by atoms with van der Waals surface area (Å²) in [6.45, 7) is 5.33. The van der Waals surface area contributed by atoms with Gasteiger partial charge in [-0.15, -0.1) is 0 Å². The minimum atomic E-state index is 0.408. The lowest BCUT2D eigenvalue weighted by atomic mass is 10.00. The van der Waals surface area contributed by atoms with Gasteiger partial charge in [0.2, 0.25) is 0 Å². The maximum absolute atomic E-state index is 5.71. The molecule has 20 heavy (non-hydrogen) atoms. The summed E-state index contributed by atoms with van der Waals surface area (Å²) in [7, 11) is 2.04. The average Bonchev–Trinajstić information content (AvgIpc) is 3.27. The zero-order valence-electron chi connectivity index (χ0n) is 12.9. The fourth-order valence-corrected chi connectivity index (χ4v) is 2.57. The maximum Gasteiger partial charge on any atom is 0.161 e. The molecule has 0 heterocycles. The highest BCUT2D eigenvalue weighted by molar-refractivity contribution is 5.44. The van der Waals surface area contributed by atoms with Gasteiger partial charge in [-0.3, -0.25) is 0 Å². The van der Waals surface area contributed by atoms with Gasteiger partial charge in [0.25, 0.3) is 0 Å². The quantitative estimate of drug-likeness (QED) is 0.741. The normalized spacial score (nSPS) is 15.9. The van der Waals surface area contributed by atoms with Crippen molar-refractivity contribution in [1.29, 1.82) is 0 Å². The lowest BCUT2D eigenvalue weighted by Crippen LogP contribution is -2.16. The monoisotopic (exact) mass is 277 g/mol. The van der Waals surface area contributed by atoms with Gasteiger partial charge in [0.05, 0.1) is 13.2 Å². The summed E-state index contributed by atoms with van der Waals surface area (Å²) >= 11 is 0. The molecule has 3 nitrogen and oxygen atoms in total. The summed E-state index contributed by atoms with van der Waals surface area (Å²) in [5, 5.41) is 3.43. The Balaban J connectivity index is 2.09. The number of benzene rings is 1. The van der Waals surface area contributed by atoms with Gasteiger partial charge in [-0.05, 0) is 57.4 Å². The van der Waals surface area contributed by atoms with E-state index in [9.17, 15) is 0 Å². The van der Waals surface area contributed by atoms with E-state index in [4.69, 9.17) is 9.47 Å². The molecule has 1 N–H and O–H groups in total. The van der Waals surface area contributed by atoms with Crippen LogP contribution in [0, 0.1) is 5.92 Å². The van der Waals surface area contributed by atoms with Crippen LogP contribution in [0.1, 0.15) is 51.1 Å². The van der Waals surface area contributed by atoms with Gasteiger partial charge < -0.3 is 14.8 Å². The lowest BCUT2D eigenvalue weighted by Gasteiger charge is -2.19. The molecule has 1 fully saturated rings. The molecule has 0 aromatic heterocycles. The molecule has 1 aliphatic rings. The van der Waals surface area contributed by atoms with Crippen LogP contribution < -0.4 is 14.8 Å². The molecule has 0 radical (unpaired) electrons. The van der Waals surface area contributed by atoms with Crippen molar-refractivity contribution in [3.8, 4) is 11.5 Å². The standard InChI is InChI=1S/C17H27NO2/c1-4-19-16-11-9-14(12-17(16)20-5-2)15(18-3)10-8-13-6-7-13/h9,11-13,15,18H,4-8,10H2,1-3H3. The lowest BCUT2D eigenvalue weighted by molar-refractivity contribution is 0.287. The molecular weight excluding hydrogens is 250 g/mol. The van der Waals surface area contributed by atoms with Crippen LogP contribution in [-0.4, -0.2) is 20.3 Å². The van der Waals surface area contributed by atoms with Gasteiger partial charge in [0, 0.05) is 6.04 Å². The summed E-state index contributed by atoms with van der Waals surface area (Å²) in [6, 6.07) is 6.72. The van der Waals surface area contributed by atoms with Crippen LogP contribution in [-0.2, 0) is 0 Å². The molecule has 0 saturated heterocycles. The number of ether oxygens (including phenoxy) is 2. The largest absolute Gasteiger partial charge is 0.490 e. The minimum Gasteiger partial charge on any atom is -0.490 e. The van der Waals surface area contributed by atoms with Crippen LogP contribution in [0.4, 0.5) is 0 Å². The molecule has 0 bridgehead atoms. The Labute approximate surface area is 122 Å². The van der Waals surface area contributed by atoms with Crippen molar-refractivity contribution >= 4 is 0 Å². The Hall–Kier alpha value is -1.22. The van der Waals surface area contributed by atoms with Crippen molar-refractivity contribution in [2.45, 2.75) is 45.6 Å². The van der Waals surface area contributed by atoms with Gasteiger partial charge in [-0.25, -0.2) is 0 Å². The molecule has 1 saturated carbocycles. The molecule has 112 valence electrons. The molecule has 0 spiro atoms. The van der Waals surface area contributed by atoms with Crippen molar-refractivity contribution in [2.24, 2.45) is 5.92 Å². The van der Waals surface area contributed by atoms with E-state index in [2.05, 4.69) is 17.4 Å². The number of nitrogens with one attached hydrogen (secondary N) is 1. The van der Waals surface area contributed by atoms with Crippen molar-refractivity contribution in [1.82, 2.24) is 5.32 Å². The van der Waals surface area contributed by atoms with E-state index in [1.54, 1.807) is 0 Å². The Morgan fingerprint density at radius 3 is 2.45 bits per heavy atom. The zero-order chi connectivity index (χ0) is 14.4. The van der Waals surface area contributed by atoms with Gasteiger partial charge in [-0.1, -0.05) is 18.9 Å². The van der Waals surface area contributed by atoms with Gasteiger partial charge in [0.1, 0.15) is 0 Å². The zero-order valence-corrected chi connectivity index (χ0v) is 12.9. The maximum atomic E-state index is 5.71. The molecule has 1 aromatic carbocycles. The van der Waals surface area contributed by atoms with Crippen LogP contribution in [0.5, 0.6) is 11.5 Å². The molecule has 0 aliphatic heterocycles. The Morgan fingerprint density at radius 1 is 1.15 bits per heavy atom. The Bertz CT molecular complexity index is 415. The summed E-state index contributed by atoms with van der Waals surface area (Å²) in [5.74, 6) is 2.67. The molecule has 1 aromatic rings. The average molecular weight is 277 g/mol. The molecule has 1 atom stereocenters. The third-order valence-corrected chi connectivity index (χ3v) is 3.88. The first kappa shape index (κ1) is 15.2. The number of rotatable bonds is 9. The Kier molecular flexibility index (Phi) is 5.72. The van der Waals surface area contributed by atoms with Crippen LogP contribution >= 0.6 is 0 Å². The van der Waals surface area contributed by atoms with Gasteiger partial charge in [0.15, 0.2) is 11.5 Å². The summed E-state index contributed by atoms with van der Waals surface area (Å²) < 4.78 is 11.3. The second kappa shape index (κ2) is 7.53. The third-order valence-electron chi connectivity index (χ3n) is 3.88. The van der Waals surface area contributed by atoms with E-state index in [1.807, 2.05) is 27.0 Å². The van der Waals surface area contributed by atoms with Crippen LogP contribution in [0.3, 0.4) is 0 Å². The highest BCUT2D eigenvalue weighted by Gasteiger charge is 2.23. The fraction of sp³-hybridized carbons (Fsp3) is 0.647. The highest BCUT2D eigenvalue weighted by Crippen LogP contribution is 2.37. The third kappa shape index (κ3) is 4.14. The second-order valence-corrected chi connectivity index (χ2v) is 5.43. The van der Waals surface area contributed by atoms with E-state index in [0.29, 0.717) is 19.3 Å². The van der Waals surface area contributed by atoms with Gasteiger partial charge >= 0.3 is 0 Å². The topological polar surface area (TPSA) is 30.5 Å². The van der Waals surface area contributed by atoms with Crippen molar-refractivity contribution in [3.05, 3.63) is 23.8 Å². The molecular formula is C17H27NO2. The first-order chi connectivity index (χ1) is 9.78. The molecule has 1 aliphatic carbocycles. The smallest absolute Gasteiger partial charge is 0.161 e. The van der Waals surface area contributed by atoms with Crippen molar-refractivity contribution in [2.75, 3.05) is 20.3 Å². The van der Waals surface area contributed by atoms with Crippen LogP contribution in [0.25, 0.3) is 0 Å². The number of hydrogen-bond acceptors (Lipinski definition) is 3. The van der Waals surface area contributed by atoms with Crippen molar-refractivity contribution < 1.29 is 9.47 Å². The predicted octanol–water partition coefficient (Wildman–Crippen LogP) is 3.93. The molecule has 2 rings (SSSR count). The van der Waals surface area contributed by atoms with Crippen LogP contribution in [0.15, 0.2) is 18.2 Å². The molecule has 3 heteroatoms. The predicted molar refractivity (Wildman–Crippen MR) is 82.5 cm³/mol. The first-order valence-electron chi connectivity index (χ1n) is 7.85. The highest BCUT2D eigenvalue weighted by atomic mass is 16.5. The van der Waals surface area contributed by atoms with Crippen LogP contribution in [0.2, 0.25) is 0 Å². The molecule has 1 unspecified atom stereocenters. The van der Waals surface area contributed by atoms with E-state index >= 15 is 0 Å². The van der Waals surface area contributed by atoms with E-state index in [1.165, 1.54) is 31.2 Å². The molecule has 0 amide bonds. The second-order valence-electron chi connectivity index (χ2n) is 5.43. The summed E-state index contributed by atoms with van der Waals surface area (Å²) in [4.78, 5) is 0. The van der Waals surface area contributed by atoms with Gasteiger partial charge in [-0.2, -0.15) is 0 Å². The van der Waals surface area contributed by atoms with E-state index < -0.39 is 0 Å². The van der Waals surface area contributed by atoms with E-state index in [0.717, 1.165) is 17.4 Å². The summed E-state index contributed by atoms with van der Waals surface area (Å²) in [5.41, 5.74) is 1.29.